The van der Waals surface area contributed by atoms with E-state index in [2.05, 4.69) is 15.3 Å². The van der Waals surface area contributed by atoms with Crippen LogP contribution in [0.25, 0.3) is 0 Å². The molecule has 0 aliphatic rings. The molecule has 0 aliphatic heterocycles. The van der Waals surface area contributed by atoms with Crippen LogP contribution in [0.2, 0.25) is 0 Å². The Hall–Kier alpha value is -3.49. The topological polar surface area (TPSA) is 76.9 Å². The maximum Gasteiger partial charge on any atom is 0.330 e. The predicted octanol–water partition coefficient (Wildman–Crippen LogP) is 3.01. The fourth-order valence-electron chi connectivity index (χ4n) is 2.09. The van der Waals surface area contributed by atoms with Crippen molar-refractivity contribution in [1.29, 1.82) is 0 Å². The van der Waals surface area contributed by atoms with Crippen molar-refractivity contribution in [3.05, 3.63) is 77.9 Å². The SMILES string of the molecule is O=C(c1ccn(C(=O)Nc2cncnc2)c1)c1c(F)ccc(F)c1F. The van der Waals surface area contributed by atoms with Crippen molar-refractivity contribution in [2.24, 2.45) is 0 Å². The highest BCUT2D eigenvalue weighted by Gasteiger charge is 2.23. The number of nitrogens with zero attached hydrogens (tertiary/aromatic N) is 3. The summed E-state index contributed by atoms with van der Waals surface area (Å²) in [5, 5.41) is 2.46. The first kappa shape index (κ1) is 16.4. The van der Waals surface area contributed by atoms with E-state index in [1.807, 2.05) is 0 Å². The van der Waals surface area contributed by atoms with E-state index in [1.54, 1.807) is 0 Å². The number of halogens is 3. The molecule has 0 unspecified atom stereocenters. The molecule has 3 rings (SSSR count). The number of hydrogen-bond donors (Lipinski definition) is 1. The lowest BCUT2D eigenvalue weighted by molar-refractivity contribution is 0.103. The summed E-state index contributed by atoms with van der Waals surface area (Å²) >= 11 is 0. The third-order valence-corrected chi connectivity index (χ3v) is 3.27. The van der Waals surface area contributed by atoms with Gasteiger partial charge in [-0.25, -0.2) is 27.9 Å². The number of anilines is 1. The lowest BCUT2D eigenvalue weighted by Gasteiger charge is -2.05. The van der Waals surface area contributed by atoms with Crippen LogP contribution in [0, 0.1) is 17.5 Å². The third-order valence-electron chi connectivity index (χ3n) is 3.27. The maximum absolute atomic E-state index is 13.7. The van der Waals surface area contributed by atoms with Gasteiger partial charge in [0.1, 0.15) is 12.1 Å². The number of ketones is 1. The molecule has 0 radical (unpaired) electrons. The van der Waals surface area contributed by atoms with Gasteiger partial charge in [0.25, 0.3) is 0 Å². The van der Waals surface area contributed by atoms with E-state index in [0.29, 0.717) is 17.8 Å². The second-order valence-electron chi connectivity index (χ2n) is 4.91. The number of hydrogen-bond acceptors (Lipinski definition) is 4. The molecule has 1 N–H and O–H groups in total. The number of benzene rings is 1. The van der Waals surface area contributed by atoms with E-state index < -0.39 is 34.8 Å². The van der Waals surface area contributed by atoms with E-state index in [1.165, 1.54) is 31.0 Å². The monoisotopic (exact) mass is 346 g/mol. The summed E-state index contributed by atoms with van der Waals surface area (Å²) in [6, 6.07) is 1.79. The Kier molecular flexibility index (Phi) is 4.29. The van der Waals surface area contributed by atoms with Crippen LogP contribution < -0.4 is 5.32 Å². The van der Waals surface area contributed by atoms with Gasteiger partial charge in [-0.1, -0.05) is 0 Å². The quantitative estimate of drug-likeness (QED) is 0.584. The zero-order chi connectivity index (χ0) is 18.0. The molecule has 0 aliphatic carbocycles. The number of carbonyl (C=O) groups is 2. The van der Waals surface area contributed by atoms with Crippen molar-refractivity contribution in [2.75, 3.05) is 5.32 Å². The number of rotatable bonds is 3. The van der Waals surface area contributed by atoms with Crippen molar-refractivity contribution in [2.45, 2.75) is 0 Å². The second kappa shape index (κ2) is 6.56. The Morgan fingerprint density at radius 3 is 2.40 bits per heavy atom. The normalized spacial score (nSPS) is 10.5. The molecule has 1 aromatic carbocycles. The smallest absolute Gasteiger partial charge is 0.304 e. The summed E-state index contributed by atoms with van der Waals surface area (Å²) in [5.74, 6) is -5.19. The van der Waals surface area contributed by atoms with Crippen LogP contribution in [0.15, 0.2) is 49.3 Å². The molecule has 126 valence electrons. The molecular weight excluding hydrogens is 337 g/mol. The molecule has 0 saturated heterocycles. The summed E-state index contributed by atoms with van der Waals surface area (Å²) in [7, 11) is 0. The van der Waals surface area contributed by atoms with Gasteiger partial charge in [0.15, 0.2) is 11.6 Å². The van der Waals surface area contributed by atoms with Gasteiger partial charge in [0.2, 0.25) is 5.78 Å². The van der Waals surface area contributed by atoms with Crippen molar-refractivity contribution < 1.29 is 22.8 Å². The number of aromatic nitrogens is 3. The van der Waals surface area contributed by atoms with Gasteiger partial charge < -0.3 is 5.32 Å². The molecule has 0 atom stereocenters. The van der Waals surface area contributed by atoms with Crippen molar-refractivity contribution >= 4 is 17.5 Å². The average molecular weight is 346 g/mol. The highest BCUT2D eigenvalue weighted by molar-refractivity contribution is 6.09. The molecule has 0 bridgehead atoms. The molecule has 3 aromatic rings. The first-order valence-corrected chi connectivity index (χ1v) is 6.90. The predicted molar refractivity (Wildman–Crippen MR) is 80.6 cm³/mol. The van der Waals surface area contributed by atoms with Crippen LogP contribution in [0.5, 0.6) is 0 Å². The third kappa shape index (κ3) is 3.25. The van der Waals surface area contributed by atoms with Crippen LogP contribution in [-0.2, 0) is 0 Å². The first-order valence-electron chi connectivity index (χ1n) is 6.90. The van der Waals surface area contributed by atoms with Gasteiger partial charge in [-0.15, -0.1) is 0 Å². The zero-order valence-corrected chi connectivity index (χ0v) is 12.4. The van der Waals surface area contributed by atoms with Crippen LogP contribution in [-0.4, -0.2) is 26.3 Å². The Morgan fingerprint density at radius 2 is 1.68 bits per heavy atom. The van der Waals surface area contributed by atoms with Crippen molar-refractivity contribution in [1.82, 2.24) is 14.5 Å². The molecule has 0 spiro atoms. The Balaban J connectivity index is 1.85. The summed E-state index contributed by atoms with van der Waals surface area (Å²) in [4.78, 5) is 31.7. The number of amides is 1. The number of nitrogens with one attached hydrogen (secondary N) is 1. The second-order valence-corrected chi connectivity index (χ2v) is 4.91. The molecule has 9 heteroatoms. The Labute approximate surface area is 139 Å². The van der Waals surface area contributed by atoms with Gasteiger partial charge >= 0.3 is 6.03 Å². The van der Waals surface area contributed by atoms with Gasteiger partial charge in [-0.05, 0) is 18.2 Å². The van der Waals surface area contributed by atoms with Crippen molar-refractivity contribution in [3.8, 4) is 0 Å². The fraction of sp³-hybridized carbons (Fsp3) is 0. The van der Waals surface area contributed by atoms with Gasteiger partial charge in [-0.3, -0.25) is 9.36 Å². The van der Waals surface area contributed by atoms with Crippen LogP contribution >= 0.6 is 0 Å². The molecular formula is C16H9F3N4O2. The van der Waals surface area contributed by atoms with E-state index in [9.17, 15) is 22.8 Å². The summed E-state index contributed by atoms with van der Waals surface area (Å²) in [5.41, 5.74) is -0.881. The summed E-state index contributed by atoms with van der Waals surface area (Å²) < 4.78 is 41.6. The van der Waals surface area contributed by atoms with Crippen LogP contribution in [0.1, 0.15) is 15.9 Å². The van der Waals surface area contributed by atoms with Crippen LogP contribution in [0.4, 0.5) is 23.7 Å². The van der Waals surface area contributed by atoms with E-state index >= 15 is 0 Å². The molecule has 6 nitrogen and oxygen atoms in total. The minimum absolute atomic E-state index is 0.178. The summed E-state index contributed by atoms with van der Waals surface area (Å²) in [6.45, 7) is 0. The standard InChI is InChI=1S/C16H9F3N4O2/c17-11-1-2-12(18)14(19)13(11)15(24)9-3-4-23(7-9)16(25)22-10-5-20-8-21-6-10/h1-8H,(H,22,25). The largest absolute Gasteiger partial charge is 0.330 e. The van der Waals surface area contributed by atoms with Gasteiger partial charge in [-0.2, -0.15) is 0 Å². The van der Waals surface area contributed by atoms with E-state index in [-0.39, 0.29) is 5.56 Å². The minimum Gasteiger partial charge on any atom is -0.304 e. The van der Waals surface area contributed by atoms with Crippen molar-refractivity contribution in [3.63, 3.8) is 0 Å². The highest BCUT2D eigenvalue weighted by Crippen LogP contribution is 2.20. The van der Waals surface area contributed by atoms with Gasteiger partial charge in [0, 0.05) is 18.0 Å². The highest BCUT2D eigenvalue weighted by atomic mass is 19.2. The molecule has 25 heavy (non-hydrogen) atoms. The zero-order valence-electron chi connectivity index (χ0n) is 12.4. The average Bonchev–Trinajstić information content (AvgIpc) is 3.09. The molecule has 0 fully saturated rings. The Bertz CT molecular complexity index is 957. The van der Waals surface area contributed by atoms with Gasteiger partial charge in [0.05, 0.1) is 23.6 Å². The molecule has 0 saturated carbocycles. The summed E-state index contributed by atoms with van der Waals surface area (Å²) in [6.07, 6.45) is 6.30. The van der Waals surface area contributed by atoms with E-state index in [0.717, 1.165) is 10.8 Å². The van der Waals surface area contributed by atoms with Crippen LogP contribution in [0.3, 0.4) is 0 Å². The number of carbonyl (C=O) groups excluding carboxylic acids is 2. The lowest BCUT2D eigenvalue weighted by Crippen LogP contribution is -2.18. The lowest BCUT2D eigenvalue weighted by atomic mass is 10.0. The fourth-order valence-corrected chi connectivity index (χ4v) is 2.09. The molecule has 2 heterocycles. The first-order chi connectivity index (χ1) is 12.0. The minimum atomic E-state index is -1.58. The Morgan fingerprint density at radius 1 is 1.00 bits per heavy atom. The molecule has 1 amide bonds. The maximum atomic E-state index is 13.7. The molecule has 2 aromatic heterocycles. The van der Waals surface area contributed by atoms with E-state index in [4.69, 9.17) is 0 Å².